The average Bonchev–Trinajstić information content (AvgIpc) is 2.33. The summed E-state index contributed by atoms with van der Waals surface area (Å²) in [5, 5.41) is 9.41. The Hall–Kier alpha value is -1.35. The van der Waals surface area contributed by atoms with E-state index >= 15 is 0 Å². The predicted octanol–water partition coefficient (Wildman–Crippen LogP) is 2.95. The Balaban J connectivity index is 1.84. The number of ether oxygens (including phenoxy) is 1. The molecule has 3 rings (SSSR count). The van der Waals surface area contributed by atoms with Gasteiger partial charge in [-0.05, 0) is 36.8 Å². The molecule has 1 saturated carbocycles. The molecule has 0 bridgehead atoms. The number of fused-ring (bicyclic) bond motifs is 1. The molecule has 18 heavy (non-hydrogen) atoms. The number of carboxylic acid groups (broad SMARTS) is 1. The SMILES string of the molecule is O=C(O)C1(CC2OCCc3ccccc32)CCC1. The second kappa shape index (κ2) is 4.39. The van der Waals surface area contributed by atoms with Gasteiger partial charge in [0.25, 0.3) is 0 Å². The summed E-state index contributed by atoms with van der Waals surface area (Å²) in [4.78, 5) is 11.4. The molecule has 1 N–H and O–H groups in total. The second-order valence-electron chi connectivity index (χ2n) is 5.45. The van der Waals surface area contributed by atoms with Gasteiger partial charge in [0.05, 0.1) is 18.1 Å². The predicted molar refractivity (Wildman–Crippen MR) is 67.4 cm³/mol. The van der Waals surface area contributed by atoms with Crippen LogP contribution in [0.5, 0.6) is 0 Å². The van der Waals surface area contributed by atoms with E-state index in [9.17, 15) is 9.90 Å². The Morgan fingerprint density at radius 1 is 1.39 bits per heavy atom. The molecule has 1 atom stereocenters. The molecule has 1 fully saturated rings. The van der Waals surface area contributed by atoms with Gasteiger partial charge in [0.1, 0.15) is 0 Å². The number of hydrogen-bond acceptors (Lipinski definition) is 2. The highest BCUT2D eigenvalue weighted by molar-refractivity contribution is 5.75. The first-order valence-electron chi connectivity index (χ1n) is 6.64. The summed E-state index contributed by atoms with van der Waals surface area (Å²) in [5.74, 6) is -0.652. The van der Waals surface area contributed by atoms with E-state index in [1.54, 1.807) is 0 Å². The minimum atomic E-state index is -0.652. The monoisotopic (exact) mass is 246 g/mol. The molecule has 0 aromatic heterocycles. The molecular formula is C15H18O3. The smallest absolute Gasteiger partial charge is 0.309 e. The molecule has 3 heteroatoms. The van der Waals surface area contributed by atoms with Crippen LogP contribution in [0.25, 0.3) is 0 Å². The van der Waals surface area contributed by atoms with E-state index in [-0.39, 0.29) is 6.10 Å². The minimum Gasteiger partial charge on any atom is -0.481 e. The molecular weight excluding hydrogens is 228 g/mol. The summed E-state index contributed by atoms with van der Waals surface area (Å²) in [7, 11) is 0. The van der Waals surface area contributed by atoms with Crippen LogP contribution in [0.4, 0.5) is 0 Å². The van der Waals surface area contributed by atoms with E-state index in [2.05, 4.69) is 12.1 Å². The fourth-order valence-electron chi connectivity index (χ4n) is 3.11. The lowest BCUT2D eigenvalue weighted by Gasteiger charge is -2.41. The summed E-state index contributed by atoms with van der Waals surface area (Å²) >= 11 is 0. The highest BCUT2D eigenvalue weighted by Crippen LogP contribution is 2.49. The maximum Gasteiger partial charge on any atom is 0.309 e. The van der Waals surface area contributed by atoms with E-state index in [0.29, 0.717) is 13.0 Å². The quantitative estimate of drug-likeness (QED) is 0.892. The Bertz CT molecular complexity index is 463. The summed E-state index contributed by atoms with van der Waals surface area (Å²) in [6.45, 7) is 0.706. The molecule has 0 spiro atoms. The molecule has 96 valence electrons. The van der Waals surface area contributed by atoms with E-state index in [1.165, 1.54) is 11.1 Å². The van der Waals surface area contributed by atoms with Crippen molar-refractivity contribution in [3.63, 3.8) is 0 Å². The lowest BCUT2D eigenvalue weighted by Crippen LogP contribution is -2.40. The standard InChI is InChI=1S/C15H18O3/c16-14(17)15(7-3-8-15)10-13-12-5-2-1-4-11(12)6-9-18-13/h1-2,4-5,13H,3,6-10H2,(H,16,17). The summed E-state index contributed by atoms with van der Waals surface area (Å²) in [5.41, 5.74) is 1.97. The maximum atomic E-state index is 11.4. The Morgan fingerprint density at radius 2 is 2.17 bits per heavy atom. The first-order valence-corrected chi connectivity index (χ1v) is 6.64. The number of carboxylic acids is 1. The molecule has 1 aliphatic carbocycles. The summed E-state index contributed by atoms with van der Waals surface area (Å²) < 4.78 is 5.82. The molecule has 2 aliphatic rings. The average molecular weight is 246 g/mol. The molecule has 1 heterocycles. The summed E-state index contributed by atoms with van der Waals surface area (Å²) in [6.07, 6.45) is 4.15. The lowest BCUT2D eigenvalue weighted by atomic mass is 9.65. The van der Waals surface area contributed by atoms with E-state index in [0.717, 1.165) is 25.7 Å². The summed E-state index contributed by atoms with van der Waals surface area (Å²) in [6, 6.07) is 8.25. The van der Waals surface area contributed by atoms with Gasteiger partial charge in [-0.3, -0.25) is 4.79 Å². The Morgan fingerprint density at radius 3 is 2.83 bits per heavy atom. The number of aliphatic carboxylic acids is 1. The third kappa shape index (κ3) is 1.83. The van der Waals surface area contributed by atoms with Crippen molar-refractivity contribution in [1.82, 2.24) is 0 Å². The van der Waals surface area contributed by atoms with Crippen LogP contribution in [0.15, 0.2) is 24.3 Å². The van der Waals surface area contributed by atoms with E-state index in [1.807, 2.05) is 12.1 Å². The van der Waals surface area contributed by atoms with Crippen LogP contribution in [0, 0.1) is 5.41 Å². The van der Waals surface area contributed by atoms with Gasteiger partial charge in [-0.2, -0.15) is 0 Å². The molecule has 0 saturated heterocycles. The van der Waals surface area contributed by atoms with Crippen molar-refractivity contribution in [2.24, 2.45) is 5.41 Å². The van der Waals surface area contributed by atoms with Crippen molar-refractivity contribution in [1.29, 1.82) is 0 Å². The third-order valence-electron chi connectivity index (χ3n) is 4.43. The second-order valence-corrected chi connectivity index (χ2v) is 5.45. The molecule has 0 radical (unpaired) electrons. The van der Waals surface area contributed by atoms with Crippen molar-refractivity contribution in [3.05, 3.63) is 35.4 Å². The van der Waals surface area contributed by atoms with Gasteiger partial charge in [0.15, 0.2) is 0 Å². The molecule has 1 aliphatic heterocycles. The third-order valence-corrected chi connectivity index (χ3v) is 4.43. The topological polar surface area (TPSA) is 46.5 Å². The van der Waals surface area contributed by atoms with Crippen LogP contribution in [0.1, 0.15) is 42.9 Å². The van der Waals surface area contributed by atoms with Crippen molar-refractivity contribution < 1.29 is 14.6 Å². The van der Waals surface area contributed by atoms with Crippen LogP contribution in [0.3, 0.4) is 0 Å². The zero-order valence-electron chi connectivity index (χ0n) is 10.4. The van der Waals surface area contributed by atoms with Gasteiger partial charge in [-0.15, -0.1) is 0 Å². The van der Waals surface area contributed by atoms with Crippen LogP contribution in [-0.2, 0) is 16.0 Å². The van der Waals surface area contributed by atoms with Crippen molar-refractivity contribution in [3.8, 4) is 0 Å². The van der Waals surface area contributed by atoms with Gasteiger partial charge in [0.2, 0.25) is 0 Å². The van der Waals surface area contributed by atoms with E-state index in [4.69, 9.17) is 4.74 Å². The minimum absolute atomic E-state index is 0.0358. The van der Waals surface area contributed by atoms with Crippen LogP contribution < -0.4 is 0 Å². The van der Waals surface area contributed by atoms with Gasteiger partial charge >= 0.3 is 5.97 Å². The van der Waals surface area contributed by atoms with Crippen molar-refractivity contribution in [2.45, 2.75) is 38.2 Å². The van der Waals surface area contributed by atoms with Gasteiger partial charge in [-0.25, -0.2) is 0 Å². The fourth-order valence-corrected chi connectivity index (χ4v) is 3.11. The fraction of sp³-hybridized carbons (Fsp3) is 0.533. The largest absolute Gasteiger partial charge is 0.481 e. The number of rotatable bonds is 3. The number of benzene rings is 1. The van der Waals surface area contributed by atoms with E-state index < -0.39 is 11.4 Å². The van der Waals surface area contributed by atoms with Crippen molar-refractivity contribution >= 4 is 5.97 Å². The van der Waals surface area contributed by atoms with Crippen LogP contribution >= 0.6 is 0 Å². The molecule has 1 aromatic rings. The maximum absolute atomic E-state index is 11.4. The molecule has 0 amide bonds. The first kappa shape index (κ1) is 11.7. The highest BCUT2D eigenvalue weighted by Gasteiger charge is 2.46. The van der Waals surface area contributed by atoms with Gasteiger partial charge in [-0.1, -0.05) is 30.7 Å². The van der Waals surface area contributed by atoms with Crippen LogP contribution in [0.2, 0.25) is 0 Å². The Labute approximate surface area is 107 Å². The van der Waals surface area contributed by atoms with Crippen molar-refractivity contribution in [2.75, 3.05) is 6.61 Å². The number of carbonyl (C=O) groups is 1. The zero-order chi connectivity index (χ0) is 12.6. The number of hydrogen-bond donors (Lipinski definition) is 1. The Kier molecular flexibility index (Phi) is 2.86. The van der Waals surface area contributed by atoms with Crippen LogP contribution in [-0.4, -0.2) is 17.7 Å². The zero-order valence-corrected chi connectivity index (χ0v) is 10.4. The lowest BCUT2D eigenvalue weighted by molar-refractivity contribution is -0.158. The van der Waals surface area contributed by atoms with Gasteiger partial charge < -0.3 is 9.84 Å². The molecule has 3 nitrogen and oxygen atoms in total. The molecule has 1 unspecified atom stereocenters. The molecule has 1 aromatic carbocycles. The van der Waals surface area contributed by atoms with Gasteiger partial charge in [0, 0.05) is 0 Å². The normalized spacial score (nSPS) is 25.0. The first-order chi connectivity index (χ1) is 8.71. The highest BCUT2D eigenvalue weighted by atomic mass is 16.5.